The fraction of sp³-hybridized carbons (Fsp3) is 0.250. The molecule has 0 aliphatic heterocycles. The number of ether oxygens (including phenoxy) is 1. The van der Waals surface area contributed by atoms with Crippen LogP contribution in [0.25, 0.3) is 0 Å². The predicted octanol–water partition coefficient (Wildman–Crippen LogP) is 4.32. The van der Waals surface area contributed by atoms with E-state index < -0.39 is 0 Å². The minimum absolute atomic E-state index is 0.159. The van der Waals surface area contributed by atoms with E-state index in [2.05, 4.69) is 25.6 Å². The van der Waals surface area contributed by atoms with Crippen molar-refractivity contribution >= 4 is 17.5 Å². The molecule has 2 heterocycles. The Morgan fingerprint density at radius 2 is 1.88 bits per heavy atom. The van der Waals surface area contributed by atoms with Crippen molar-refractivity contribution in [2.24, 2.45) is 0 Å². The van der Waals surface area contributed by atoms with Gasteiger partial charge in [-0.25, -0.2) is 4.98 Å². The zero-order chi connectivity index (χ0) is 18.4. The van der Waals surface area contributed by atoms with E-state index in [1.54, 1.807) is 6.20 Å². The van der Waals surface area contributed by atoms with E-state index in [0.717, 1.165) is 28.5 Å². The van der Waals surface area contributed by atoms with Gasteiger partial charge in [0.25, 0.3) is 0 Å². The number of benzene rings is 1. The number of hydrogen-bond donors (Lipinski definition) is 2. The van der Waals surface area contributed by atoms with Gasteiger partial charge in [0.1, 0.15) is 11.6 Å². The van der Waals surface area contributed by atoms with Crippen molar-refractivity contribution in [2.75, 3.05) is 10.6 Å². The average Bonchev–Trinajstić information content (AvgIpc) is 2.62. The maximum Gasteiger partial charge on any atom is 0.225 e. The van der Waals surface area contributed by atoms with E-state index in [1.807, 2.05) is 69.4 Å². The van der Waals surface area contributed by atoms with Gasteiger partial charge < -0.3 is 15.4 Å². The third-order valence-electron chi connectivity index (χ3n) is 3.53. The van der Waals surface area contributed by atoms with Gasteiger partial charge >= 0.3 is 0 Å². The Balaban J connectivity index is 1.67. The first-order chi connectivity index (χ1) is 12.6. The van der Waals surface area contributed by atoms with E-state index in [4.69, 9.17) is 4.74 Å². The van der Waals surface area contributed by atoms with Crippen molar-refractivity contribution in [3.63, 3.8) is 0 Å². The summed E-state index contributed by atoms with van der Waals surface area (Å²) < 4.78 is 5.66. The Morgan fingerprint density at radius 1 is 1.08 bits per heavy atom. The molecule has 134 valence electrons. The van der Waals surface area contributed by atoms with Gasteiger partial charge in [0, 0.05) is 36.4 Å². The van der Waals surface area contributed by atoms with Crippen LogP contribution in [0.15, 0.2) is 54.9 Å². The molecule has 0 fully saturated rings. The van der Waals surface area contributed by atoms with Gasteiger partial charge in [0.2, 0.25) is 5.95 Å². The SMILES string of the molecule is Cc1cc(Nc2ccc(OC(C)C)cc2)nc(NCc2cccnc2)n1. The molecule has 3 rings (SSSR count). The lowest BCUT2D eigenvalue weighted by Gasteiger charge is -2.12. The molecule has 6 nitrogen and oxygen atoms in total. The molecule has 1 aromatic carbocycles. The Morgan fingerprint density at radius 3 is 2.58 bits per heavy atom. The molecule has 26 heavy (non-hydrogen) atoms. The maximum absolute atomic E-state index is 5.66. The van der Waals surface area contributed by atoms with Crippen LogP contribution in [0, 0.1) is 6.92 Å². The normalized spacial score (nSPS) is 10.6. The number of hydrogen-bond acceptors (Lipinski definition) is 6. The Labute approximate surface area is 153 Å². The number of aryl methyl sites for hydroxylation is 1. The van der Waals surface area contributed by atoms with Gasteiger partial charge in [-0.2, -0.15) is 4.98 Å². The van der Waals surface area contributed by atoms with Crippen molar-refractivity contribution < 1.29 is 4.74 Å². The monoisotopic (exact) mass is 349 g/mol. The summed E-state index contributed by atoms with van der Waals surface area (Å²) in [6.45, 7) is 6.59. The number of nitrogens with zero attached hydrogens (tertiary/aromatic N) is 3. The molecule has 0 unspecified atom stereocenters. The minimum atomic E-state index is 0.159. The number of aromatic nitrogens is 3. The topological polar surface area (TPSA) is 72.0 Å². The van der Waals surface area contributed by atoms with E-state index in [-0.39, 0.29) is 6.10 Å². The highest BCUT2D eigenvalue weighted by Crippen LogP contribution is 2.21. The molecular weight excluding hydrogens is 326 g/mol. The molecule has 0 saturated heterocycles. The standard InChI is InChI=1S/C20H23N5O/c1-14(2)26-18-8-6-17(7-9-18)24-19-11-15(3)23-20(25-19)22-13-16-5-4-10-21-12-16/h4-12,14H,13H2,1-3H3,(H2,22,23,24,25). The first kappa shape index (κ1) is 17.7. The second kappa shape index (κ2) is 8.29. The van der Waals surface area contributed by atoms with Gasteiger partial charge in [-0.05, 0) is 56.7 Å². The Hall–Kier alpha value is -3.15. The Bertz CT molecular complexity index is 835. The zero-order valence-corrected chi connectivity index (χ0v) is 15.2. The highest BCUT2D eigenvalue weighted by Gasteiger charge is 2.04. The molecule has 2 N–H and O–H groups in total. The van der Waals surface area contributed by atoms with E-state index >= 15 is 0 Å². The molecule has 2 aromatic heterocycles. The molecule has 0 spiro atoms. The van der Waals surface area contributed by atoms with Crippen molar-refractivity contribution in [3.8, 4) is 5.75 Å². The summed E-state index contributed by atoms with van der Waals surface area (Å²) in [5.74, 6) is 2.17. The second-order valence-corrected chi connectivity index (χ2v) is 6.25. The number of rotatable bonds is 7. The fourth-order valence-corrected chi connectivity index (χ4v) is 2.43. The van der Waals surface area contributed by atoms with Crippen LogP contribution >= 0.6 is 0 Å². The summed E-state index contributed by atoms with van der Waals surface area (Å²) in [4.78, 5) is 13.1. The summed E-state index contributed by atoms with van der Waals surface area (Å²) in [6, 6.07) is 13.7. The van der Waals surface area contributed by atoms with Crippen LogP contribution in [0.1, 0.15) is 25.1 Å². The van der Waals surface area contributed by atoms with Gasteiger partial charge in [-0.3, -0.25) is 4.98 Å². The molecule has 0 aliphatic carbocycles. The summed E-state index contributed by atoms with van der Waals surface area (Å²) in [5, 5.41) is 6.54. The van der Waals surface area contributed by atoms with Gasteiger partial charge in [0.05, 0.1) is 6.10 Å². The minimum Gasteiger partial charge on any atom is -0.491 e. The smallest absolute Gasteiger partial charge is 0.225 e. The molecule has 0 radical (unpaired) electrons. The van der Waals surface area contributed by atoms with Crippen molar-refractivity contribution in [1.29, 1.82) is 0 Å². The Kier molecular flexibility index (Phi) is 5.63. The molecule has 0 aliphatic rings. The summed E-state index contributed by atoms with van der Waals surface area (Å²) >= 11 is 0. The molecule has 0 amide bonds. The van der Waals surface area contributed by atoms with Crippen LogP contribution < -0.4 is 15.4 Å². The third kappa shape index (κ3) is 5.17. The number of anilines is 3. The third-order valence-corrected chi connectivity index (χ3v) is 3.53. The lowest BCUT2D eigenvalue weighted by molar-refractivity contribution is 0.242. The molecule has 3 aromatic rings. The van der Waals surface area contributed by atoms with Crippen LogP contribution in [0.5, 0.6) is 5.75 Å². The van der Waals surface area contributed by atoms with Crippen LogP contribution in [0.2, 0.25) is 0 Å². The van der Waals surface area contributed by atoms with Gasteiger partial charge in [-0.1, -0.05) is 6.07 Å². The average molecular weight is 349 g/mol. The summed E-state index contributed by atoms with van der Waals surface area (Å²) in [5.41, 5.74) is 2.90. The highest BCUT2D eigenvalue weighted by molar-refractivity contribution is 5.58. The number of pyridine rings is 1. The molecule has 0 bridgehead atoms. The van der Waals surface area contributed by atoms with Crippen LogP contribution in [-0.2, 0) is 6.54 Å². The zero-order valence-electron chi connectivity index (χ0n) is 15.2. The maximum atomic E-state index is 5.66. The van der Waals surface area contributed by atoms with Crippen molar-refractivity contribution in [1.82, 2.24) is 15.0 Å². The lowest BCUT2D eigenvalue weighted by atomic mass is 10.3. The number of nitrogens with one attached hydrogen (secondary N) is 2. The molecular formula is C20H23N5O. The van der Waals surface area contributed by atoms with Gasteiger partial charge in [-0.15, -0.1) is 0 Å². The summed E-state index contributed by atoms with van der Waals surface area (Å²) in [6.07, 6.45) is 3.74. The first-order valence-electron chi connectivity index (χ1n) is 8.61. The van der Waals surface area contributed by atoms with Crippen molar-refractivity contribution in [2.45, 2.75) is 33.4 Å². The van der Waals surface area contributed by atoms with E-state index in [9.17, 15) is 0 Å². The van der Waals surface area contributed by atoms with E-state index in [0.29, 0.717) is 12.5 Å². The fourth-order valence-electron chi connectivity index (χ4n) is 2.43. The largest absolute Gasteiger partial charge is 0.491 e. The van der Waals surface area contributed by atoms with Crippen LogP contribution in [0.4, 0.5) is 17.5 Å². The predicted molar refractivity (Wildman–Crippen MR) is 104 cm³/mol. The lowest BCUT2D eigenvalue weighted by Crippen LogP contribution is -2.07. The van der Waals surface area contributed by atoms with Crippen LogP contribution in [-0.4, -0.2) is 21.1 Å². The van der Waals surface area contributed by atoms with Crippen molar-refractivity contribution in [3.05, 3.63) is 66.1 Å². The molecule has 0 saturated carbocycles. The highest BCUT2D eigenvalue weighted by atomic mass is 16.5. The molecule has 0 atom stereocenters. The quantitative estimate of drug-likeness (QED) is 0.662. The summed E-state index contributed by atoms with van der Waals surface area (Å²) in [7, 11) is 0. The second-order valence-electron chi connectivity index (χ2n) is 6.25. The van der Waals surface area contributed by atoms with Gasteiger partial charge in [0.15, 0.2) is 0 Å². The van der Waals surface area contributed by atoms with Crippen LogP contribution in [0.3, 0.4) is 0 Å². The molecule has 6 heteroatoms. The first-order valence-corrected chi connectivity index (χ1v) is 8.61. The van der Waals surface area contributed by atoms with E-state index in [1.165, 1.54) is 0 Å².